The summed E-state index contributed by atoms with van der Waals surface area (Å²) in [6.07, 6.45) is 7.66. The van der Waals surface area contributed by atoms with Crippen LogP contribution in [-0.2, 0) is 28.6 Å². The fraction of sp³-hybridized carbons (Fsp3) is 0.529. The first-order valence-electron chi connectivity index (χ1n) is 24.8. The number of aryl methyl sites for hydroxylation is 1. The number of carbonyl (C=O) groups excluding carboxylic acids is 5. The van der Waals surface area contributed by atoms with E-state index in [0.29, 0.717) is 151 Å². The molecule has 0 spiro atoms. The molecule has 4 aliphatic heterocycles. The van der Waals surface area contributed by atoms with Crippen LogP contribution >= 0.6 is 34.9 Å². The van der Waals surface area contributed by atoms with Crippen molar-refractivity contribution in [2.45, 2.75) is 71.9 Å². The summed E-state index contributed by atoms with van der Waals surface area (Å²) < 4.78 is 23.3. The zero-order chi connectivity index (χ0) is 50.8. The Balaban J connectivity index is 0.704. The first kappa shape index (κ1) is 54.5. The first-order valence-corrected chi connectivity index (χ1v) is 27.5. The molecule has 4 fully saturated rings. The highest BCUT2D eigenvalue weighted by molar-refractivity contribution is 8.01. The number of hydrogen-bond acceptors (Lipinski definition) is 16. The number of carbonyl (C=O) groups is 5. The van der Waals surface area contributed by atoms with Gasteiger partial charge in [0, 0.05) is 99.1 Å². The predicted octanol–water partition coefficient (Wildman–Crippen LogP) is 5.01. The molecule has 4 aliphatic rings. The summed E-state index contributed by atoms with van der Waals surface area (Å²) in [5.41, 5.74) is 2.84. The maximum atomic E-state index is 13.6. The number of ether oxygens (including phenoxy) is 4. The number of anilines is 2. The molecule has 2 aromatic carbocycles. The van der Waals surface area contributed by atoms with Crippen molar-refractivity contribution in [2.75, 3.05) is 122 Å². The van der Waals surface area contributed by atoms with Gasteiger partial charge in [-0.05, 0) is 74.2 Å². The Labute approximate surface area is 435 Å². The molecule has 5 heterocycles. The summed E-state index contributed by atoms with van der Waals surface area (Å²) >= 11 is 4.81. The second-order valence-electron chi connectivity index (χ2n) is 17.9. The number of piperazine rings is 2. The number of thiazole rings is 1. The SMILES string of the molecule is C=CC(=O)N1CCN(C(=O)c2cc(Sc3cnc(NC(=O)c4ccc(N5CCN(C(=O)CCOCCOCCOCCCNC(=O)CCCCC6SCC7NC(=C)NC76)CC5)cc4)s3)c(C)cc2OC)CC1. The molecule has 390 valence electrons. The fourth-order valence-corrected chi connectivity index (χ4v) is 12.4. The second-order valence-corrected chi connectivity index (χ2v) is 21.5. The van der Waals surface area contributed by atoms with Crippen molar-refractivity contribution in [3.8, 4) is 5.75 Å². The smallest absolute Gasteiger partial charge is 0.257 e. The number of aromatic nitrogens is 1. The van der Waals surface area contributed by atoms with Crippen LogP contribution < -0.4 is 30.9 Å². The second kappa shape index (κ2) is 27.7. The minimum atomic E-state index is -0.277. The number of unbranched alkanes of at least 4 members (excludes halogenated alkanes) is 1. The van der Waals surface area contributed by atoms with E-state index in [1.54, 1.807) is 35.2 Å². The minimum absolute atomic E-state index is 0.0584. The van der Waals surface area contributed by atoms with Gasteiger partial charge in [-0.25, -0.2) is 4.98 Å². The van der Waals surface area contributed by atoms with Gasteiger partial charge in [-0.2, -0.15) is 11.8 Å². The number of methoxy groups -OCH3 is 1. The molecule has 18 nitrogen and oxygen atoms in total. The van der Waals surface area contributed by atoms with Crippen molar-refractivity contribution in [3.63, 3.8) is 0 Å². The summed E-state index contributed by atoms with van der Waals surface area (Å²) in [6, 6.07) is 12.0. The summed E-state index contributed by atoms with van der Waals surface area (Å²) in [7, 11) is 1.54. The maximum absolute atomic E-state index is 13.6. The molecular formula is C51H69N9O9S3. The third-order valence-corrected chi connectivity index (χ3v) is 16.7. The van der Waals surface area contributed by atoms with E-state index in [2.05, 4.69) is 44.3 Å². The van der Waals surface area contributed by atoms with Crippen LogP contribution in [0.2, 0.25) is 0 Å². The van der Waals surface area contributed by atoms with Crippen LogP contribution in [0.3, 0.4) is 0 Å². The third-order valence-electron chi connectivity index (χ3n) is 13.0. The van der Waals surface area contributed by atoms with Gasteiger partial charge in [0.25, 0.3) is 11.8 Å². The van der Waals surface area contributed by atoms with Gasteiger partial charge in [0.2, 0.25) is 17.7 Å². The third kappa shape index (κ3) is 15.6. The standard InChI is InChI=1S/C51H69N9O9S3/c1-5-45(62)58-21-23-60(24-22-58)50(65)39-32-43(35(2)31-41(39)66-4)71-47-33-53-51(72-47)56-49(64)37-11-13-38(14-12-37)57-17-19-59(20-18-57)46(63)15-26-68-28-30-69-29-27-67-25-8-16-52-44(61)10-7-6-9-42-48-40(34-70-42)54-36(3)55-48/h5,11-14,31-33,40,42,48,54-55H,1,3,6-10,15-30,34H2,2,4H3,(H,52,61)(H,53,56,64). The summed E-state index contributed by atoms with van der Waals surface area (Å²) in [5.74, 6) is 2.09. The number of thioether (sulfide) groups is 1. The van der Waals surface area contributed by atoms with E-state index in [4.69, 9.17) is 18.9 Å². The predicted molar refractivity (Wildman–Crippen MR) is 282 cm³/mol. The van der Waals surface area contributed by atoms with Crippen LogP contribution in [0.15, 0.2) is 76.8 Å². The van der Waals surface area contributed by atoms with Gasteiger partial charge in [-0.1, -0.05) is 42.7 Å². The maximum Gasteiger partial charge on any atom is 0.257 e. The average molecular weight is 1050 g/mol. The molecule has 3 unspecified atom stereocenters. The normalized spacial score (nSPS) is 18.6. The molecule has 4 N–H and O–H groups in total. The molecule has 21 heteroatoms. The van der Waals surface area contributed by atoms with Gasteiger partial charge >= 0.3 is 0 Å². The van der Waals surface area contributed by atoms with Gasteiger partial charge in [-0.3, -0.25) is 29.3 Å². The van der Waals surface area contributed by atoms with Crippen molar-refractivity contribution < 1.29 is 42.9 Å². The molecule has 1 aromatic heterocycles. The van der Waals surface area contributed by atoms with Crippen LogP contribution in [0, 0.1) is 6.92 Å². The Bertz CT molecular complexity index is 2340. The van der Waals surface area contributed by atoms with E-state index < -0.39 is 0 Å². The van der Waals surface area contributed by atoms with Crippen LogP contribution in [0.4, 0.5) is 10.8 Å². The zero-order valence-electron chi connectivity index (χ0n) is 41.5. The first-order chi connectivity index (χ1) is 35.0. The molecule has 5 amide bonds. The zero-order valence-corrected chi connectivity index (χ0v) is 43.9. The number of hydrogen-bond donors (Lipinski definition) is 4. The Hall–Kier alpha value is -5.32. The van der Waals surface area contributed by atoms with E-state index in [0.717, 1.165) is 57.6 Å². The molecule has 3 aromatic rings. The Kier molecular flexibility index (Phi) is 20.9. The van der Waals surface area contributed by atoms with Crippen molar-refractivity contribution >= 4 is 75.2 Å². The van der Waals surface area contributed by atoms with E-state index >= 15 is 0 Å². The highest BCUT2D eigenvalue weighted by Crippen LogP contribution is 2.39. The number of nitrogens with zero attached hydrogens (tertiary/aromatic N) is 5. The highest BCUT2D eigenvalue weighted by atomic mass is 32.2. The van der Waals surface area contributed by atoms with Crippen molar-refractivity contribution in [2.24, 2.45) is 0 Å². The van der Waals surface area contributed by atoms with Crippen LogP contribution in [0.25, 0.3) is 0 Å². The van der Waals surface area contributed by atoms with Crippen LogP contribution in [0.5, 0.6) is 5.75 Å². The number of rotatable bonds is 26. The van der Waals surface area contributed by atoms with E-state index in [1.807, 2.05) is 47.9 Å². The summed E-state index contributed by atoms with van der Waals surface area (Å²) in [6.45, 7) is 17.0. The number of nitrogens with one attached hydrogen (secondary N) is 4. The van der Waals surface area contributed by atoms with Gasteiger partial charge in [-0.15, -0.1) is 0 Å². The number of benzene rings is 2. The lowest BCUT2D eigenvalue weighted by Gasteiger charge is -2.36. The molecule has 0 bridgehead atoms. The quantitative estimate of drug-likeness (QED) is 0.0619. The summed E-state index contributed by atoms with van der Waals surface area (Å²) in [4.78, 5) is 76.8. The number of fused-ring (bicyclic) bond motifs is 1. The van der Waals surface area contributed by atoms with Crippen molar-refractivity contribution in [1.82, 2.24) is 35.6 Å². The fourth-order valence-electron chi connectivity index (χ4n) is 8.95. The molecule has 0 saturated carbocycles. The van der Waals surface area contributed by atoms with E-state index in [9.17, 15) is 24.0 Å². The molecule has 0 radical (unpaired) electrons. The molecule has 72 heavy (non-hydrogen) atoms. The summed E-state index contributed by atoms with van der Waals surface area (Å²) in [5, 5.41) is 13.8. The van der Waals surface area contributed by atoms with Crippen molar-refractivity contribution in [1.29, 1.82) is 0 Å². The Morgan fingerprint density at radius 2 is 1.54 bits per heavy atom. The van der Waals surface area contributed by atoms with Gasteiger partial charge in [0.05, 0.1) is 80.4 Å². The van der Waals surface area contributed by atoms with E-state index in [1.165, 1.54) is 29.2 Å². The van der Waals surface area contributed by atoms with E-state index in [-0.39, 0.29) is 29.5 Å². The van der Waals surface area contributed by atoms with Crippen molar-refractivity contribution in [3.05, 3.63) is 84.3 Å². The minimum Gasteiger partial charge on any atom is -0.496 e. The van der Waals surface area contributed by atoms with Crippen LogP contribution in [0.1, 0.15) is 64.8 Å². The van der Waals surface area contributed by atoms with Gasteiger partial charge < -0.3 is 54.5 Å². The lowest BCUT2D eigenvalue weighted by Crippen LogP contribution is -2.50. The molecule has 3 atom stereocenters. The Morgan fingerprint density at radius 3 is 2.26 bits per heavy atom. The van der Waals surface area contributed by atoms with Gasteiger partial charge in [0.15, 0.2) is 5.13 Å². The monoisotopic (exact) mass is 1050 g/mol. The lowest BCUT2D eigenvalue weighted by molar-refractivity contribution is -0.132. The number of amides is 5. The molecule has 7 rings (SSSR count). The molecule has 4 saturated heterocycles. The molecular weight excluding hydrogens is 979 g/mol. The average Bonchev–Trinajstić information content (AvgIpc) is 4.12. The van der Waals surface area contributed by atoms with Gasteiger partial charge in [0.1, 0.15) is 5.75 Å². The van der Waals surface area contributed by atoms with Crippen LogP contribution in [-0.4, -0.2) is 178 Å². The molecule has 0 aliphatic carbocycles. The Morgan fingerprint density at radius 1 is 0.847 bits per heavy atom. The highest BCUT2D eigenvalue weighted by Gasteiger charge is 2.40. The lowest BCUT2D eigenvalue weighted by atomic mass is 10.0. The largest absolute Gasteiger partial charge is 0.496 e. The topological polar surface area (TPSA) is 196 Å².